The highest BCUT2D eigenvalue weighted by Crippen LogP contribution is 2.38. The quantitative estimate of drug-likeness (QED) is 0.512. The number of hydrogen-bond donors (Lipinski definition) is 0. The fourth-order valence-electron chi connectivity index (χ4n) is 2.66. The number of non-ortho nitro benzene ring substituents is 1. The van der Waals surface area contributed by atoms with Gasteiger partial charge < -0.3 is 4.57 Å². The molecule has 0 atom stereocenters. The summed E-state index contributed by atoms with van der Waals surface area (Å²) < 4.78 is 2.26. The van der Waals surface area contributed by atoms with Crippen LogP contribution in [0.25, 0.3) is 11.3 Å². The van der Waals surface area contributed by atoms with Gasteiger partial charge in [-0.15, -0.1) is 11.3 Å². The molecule has 0 bridgehead atoms. The number of nitro benzene ring substituents is 1. The second-order valence-electron chi connectivity index (χ2n) is 5.76. The molecule has 3 aromatic rings. The number of thiazole rings is 1. The summed E-state index contributed by atoms with van der Waals surface area (Å²) in [6, 6.07) is 17.1. The maximum Gasteiger partial charge on any atom is 0.269 e. The van der Waals surface area contributed by atoms with Gasteiger partial charge >= 0.3 is 0 Å². The average Bonchev–Trinajstić information content (AvgIpc) is 3.36. The first kappa shape index (κ1) is 14.8. The molecule has 0 radical (unpaired) electrons. The Morgan fingerprint density at radius 1 is 1.08 bits per heavy atom. The molecule has 0 aliphatic heterocycles. The van der Waals surface area contributed by atoms with Crippen LogP contribution in [0, 0.1) is 10.1 Å². The predicted octanol–water partition coefficient (Wildman–Crippen LogP) is 4.69. The minimum Gasteiger partial charge on any atom is -0.313 e. The Labute approximate surface area is 142 Å². The number of hydrogen-bond acceptors (Lipinski definition) is 4. The van der Waals surface area contributed by atoms with Crippen molar-refractivity contribution in [2.45, 2.75) is 18.9 Å². The second kappa shape index (κ2) is 6.05. The van der Waals surface area contributed by atoms with Gasteiger partial charge in [0.2, 0.25) is 0 Å². The van der Waals surface area contributed by atoms with Crippen molar-refractivity contribution in [1.82, 2.24) is 4.57 Å². The van der Waals surface area contributed by atoms with Crippen LogP contribution in [0.3, 0.4) is 0 Å². The Balaban J connectivity index is 1.80. The van der Waals surface area contributed by atoms with E-state index in [1.165, 1.54) is 0 Å². The summed E-state index contributed by atoms with van der Waals surface area (Å²) in [4.78, 5) is 16.2. The molecule has 24 heavy (non-hydrogen) atoms. The lowest BCUT2D eigenvalue weighted by Gasteiger charge is -2.07. The smallest absolute Gasteiger partial charge is 0.269 e. The average molecular weight is 337 g/mol. The number of para-hydroxylation sites is 1. The zero-order valence-electron chi connectivity index (χ0n) is 12.8. The van der Waals surface area contributed by atoms with Crippen molar-refractivity contribution in [3.05, 3.63) is 74.9 Å². The number of aromatic nitrogens is 1. The van der Waals surface area contributed by atoms with Crippen molar-refractivity contribution < 1.29 is 4.92 Å². The molecule has 1 aliphatic rings. The van der Waals surface area contributed by atoms with Crippen LogP contribution < -0.4 is 4.80 Å². The van der Waals surface area contributed by atoms with Crippen LogP contribution >= 0.6 is 11.3 Å². The first-order chi connectivity index (χ1) is 11.7. The molecule has 1 saturated carbocycles. The summed E-state index contributed by atoms with van der Waals surface area (Å²) in [5.41, 5.74) is 3.11. The van der Waals surface area contributed by atoms with E-state index in [1.807, 2.05) is 42.5 Å². The van der Waals surface area contributed by atoms with Crippen molar-refractivity contribution in [1.29, 1.82) is 0 Å². The zero-order valence-corrected chi connectivity index (χ0v) is 13.6. The van der Waals surface area contributed by atoms with Crippen LogP contribution in [0.4, 0.5) is 11.4 Å². The SMILES string of the molecule is O=[N+]([O-])c1ccc(-c2csc(=Nc3ccccc3)n2C2CC2)cc1. The van der Waals surface area contributed by atoms with Crippen molar-refractivity contribution in [3.8, 4) is 11.3 Å². The van der Waals surface area contributed by atoms with E-state index in [0.29, 0.717) is 6.04 Å². The lowest BCUT2D eigenvalue weighted by atomic mass is 10.1. The molecule has 0 unspecified atom stereocenters. The number of benzene rings is 2. The molecule has 1 aromatic heterocycles. The van der Waals surface area contributed by atoms with E-state index < -0.39 is 0 Å². The Hall–Kier alpha value is -2.73. The highest BCUT2D eigenvalue weighted by atomic mass is 32.1. The Morgan fingerprint density at radius 3 is 2.42 bits per heavy atom. The minimum absolute atomic E-state index is 0.112. The summed E-state index contributed by atoms with van der Waals surface area (Å²) in [7, 11) is 0. The van der Waals surface area contributed by atoms with Gasteiger partial charge in [0.05, 0.1) is 16.3 Å². The van der Waals surface area contributed by atoms with Crippen LogP contribution in [0.1, 0.15) is 18.9 Å². The maximum absolute atomic E-state index is 10.8. The fourth-order valence-corrected chi connectivity index (χ4v) is 3.65. The lowest BCUT2D eigenvalue weighted by molar-refractivity contribution is -0.384. The zero-order chi connectivity index (χ0) is 16.5. The second-order valence-corrected chi connectivity index (χ2v) is 6.59. The van der Waals surface area contributed by atoms with Crippen LogP contribution in [0.2, 0.25) is 0 Å². The van der Waals surface area contributed by atoms with Crippen LogP contribution in [-0.4, -0.2) is 9.49 Å². The largest absolute Gasteiger partial charge is 0.313 e. The normalized spacial score (nSPS) is 14.8. The van der Waals surface area contributed by atoms with Crippen LogP contribution in [-0.2, 0) is 0 Å². The van der Waals surface area contributed by atoms with Crippen molar-refractivity contribution in [3.63, 3.8) is 0 Å². The number of nitro groups is 1. The first-order valence-corrected chi connectivity index (χ1v) is 8.65. The summed E-state index contributed by atoms with van der Waals surface area (Å²) >= 11 is 1.61. The van der Waals surface area contributed by atoms with Gasteiger partial charge in [-0.2, -0.15) is 0 Å². The molecule has 0 saturated heterocycles. The van der Waals surface area contributed by atoms with Gasteiger partial charge in [-0.05, 0) is 42.7 Å². The van der Waals surface area contributed by atoms with E-state index in [0.717, 1.165) is 34.6 Å². The topological polar surface area (TPSA) is 60.4 Å². The molecule has 6 heteroatoms. The third-order valence-electron chi connectivity index (χ3n) is 4.01. The monoisotopic (exact) mass is 337 g/mol. The van der Waals surface area contributed by atoms with Crippen molar-refractivity contribution in [2.75, 3.05) is 0 Å². The molecule has 2 aromatic carbocycles. The molecule has 120 valence electrons. The first-order valence-electron chi connectivity index (χ1n) is 7.77. The van der Waals surface area contributed by atoms with E-state index in [1.54, 1.807) is 23.5 Å². The van der Waals surface area contributed by atoms with E-state index in [2.05, 4.69) is 9.95 Å². The highest BCUT2D eigenvalue weighted by Gasteiger charge is 2.27. The number of nitrogens with zero attached hydrogens (tertiary/aromatic N) is 3. The molecule has 0 amide bonds. The third kappa shape index (κ3) is 2.88. The molecular weight excluding hydrogens is 322 g/mol. The van der Waals surface area contributed by atoms with E-state index in [4.69, 9.17) is 4.99 Å². The highest BCUT2D eigenvalue weighted by molar-refractivity contribution is 7.07. The Morgan fingerprint density at radius 2 is 1.79 bits per heavy atom. The molecule has 1 aliphatic carbocycles. The predicted molar refractivity (Wildman–Crippen MR) is 94.3 cm³/mol. The lowest BCUT2D eigenvalue weighted by Crippen LogP contribution is -2.14. The molecular formula is C18H15N3O2S. The van der Waals surface area contributed by atoms with Gasteiger partial charge in [-0.25, -0.2) is 4.99 Å². The molecule has 1 fully saturated rings. The van der Waals surface area contributed by atoms with Gasteiger partial charge in [0, 0.05) is 23.6 Å². The molecule has 5 nitrogen and oxygen atoms in total. The third-order valence-corrected chi connectivity index (χ3v) is 4.85. The summed E-state index contributed by atoms with van der Waals surface area (Å²) in [6.45, 7) is 0. The van der Waals surface area contributed by atoms with Gasteiger partial charge in [0.15, 0.2) is 4.80 Å². The summed E-state index contributed by atoms with van der Waals surface area (Å²) in [5.74, 6) is 0. The molecule has 4 rings (SSSR count). The maximum atomic E-state index is 10.8. The summed E-state index contributed by atoms with van der Waals surface area (Å²) in [6.07, 6.45) is 2.30. The van der Waals surface area contributed by atoms with E-state index in [9.17, 15) is 10.1 Å². The van der Waals surface area contributed by atoms with Gasteiger partial charge in [-0.1, -0.05) is 18.2 Å². The Bertz CT molecular complexity index is 938. The fraction of sp³-hybridized carbons (Fsp3) is 0.167. The van der Waals surface area contributed by atoms with E-state index >= 15 is 0 Å². The van der Waals surface area contributed by atoms with Gasteiger partial charge in [-0.3, -0.25) is 10.1 Å². The Kier molecular flexibility index (Phi) is 3.74. The van der Waals surface area contributed by atoms with Crippen LogP contribution in [0.5, 0.6) is 0 Å². The standard InChI is InChI=1S/C18H15N3O2S/c22-21(23)16-8-6-13(7-9-16)17-12-24-18(20(17)15-10-11-15)19-14-4-2-1-3-5-14/h1-9,12,15H,10-11H2. The molecule has 1 heterocycles. The van der Waals surface area contributed by atoms with E-state index in [-0.39, 0.29) is 10.6 Å². The summed E-state index contributed by atoms with van der Waals surface area (Å²) in [5, 5.41) is 12.9. The van der Waals surface area contributed by atoms with Gasteiger partial charge in [0.1, 0.15) is 0 Å². The van der Waals surface area contributed by atoms with Crippen molar-refractivity contribution >= 4 is 22.7 Å². The molecule has 0 spiro atoms. The number of rotatable bonds is 4. The van der Waals surface area contributed by atoms with Crippen LogP contribution in [0.15, 0.2) is 65.0 Å². The van der Waals surface area contributed by atoms with Gasteiger partial charge in [0.25, 0.3) is 5.69 Å². The van der Waals surface area contributed by atoms with Crippen molar-refractivity contribution in [2.24, 2.45) is 4.99 Å². The molecule has 0 N–H and O–H groups in total. The minimum atomic E-state index is -0.373.